The van der Waals surface area contributed by atoms with Crippen molar-refractivity contribution in [3.05, 3.63) is 42.5 Å². The first-order chi connectivity index (χ1) is 6.97. The molecule has 0 amide bonds. The van der Waals surface area contributed by atoms with Crippen LogP contribution < -0.4 is 10.6 Å². The van der Waals surface area contributed by atoms with Crippen molar-refractivity contribution in [1.29, 1.82) is 0 Å². The molecule has 0 aromatic heterocycles. The molecule has 82 valence electrons. The molecule has 0 fully saturated rings. The van der Waals surface area contributed by atoms with E-state index < -0.39 is 0 Å². The summed E-state index contributed by atoms with van der Waals surface area (Å²) in [4.78, 5) is 2.07. The number of hydrogen-bond acceptors (Lipinski definition) is 2. The fourth-order valence-corrected chi connectivity index (χ4v) is 1.56. The maximum absolute atomic E-state index is 6.19. The quantitative estimate of drug-likeness (QED) is 0.764. The maximum Gasteiger partial charge on any atom is 0.0415 e. The Kier molecular flexibility index (Phi) is 3.53. The van der Waals surface area contributed by atoms with E-state index in [1.807, 2.05) is 27.1 Å². The average molecular weight is 204 g/mol. The minimum Gasteiger partial charge on any atom is -0.378 e. The van der Waals surface area contributed by atoms with Crippen molar-refractivity contribution in [3.8, 4) is 0 Å². The van der Waals surface area contributed by atoms with E-state index in [-0.39, 0.29) is 5.54 Å². The Morgan fingerprint density at radius 2 is 1.87 bits per heavy atom. The van der Waals surface area contributed by atoms with Crippen molar-refractivity contribution >= 4 is 5.69 Å². The number of benzene rings is 1. The Morgan fingerprint density at radius 3 is 2.27 bits per heavy atom. The van der Waals surface area contributed by atoms with Crippen molar-refractivity contribution in [3.63, 3.8) is 0 Å². The van der Waals surface area contributed by atoms with Crippen LogP contribution in [0, 0.1) is 0 Å². The SMILES string of the molecule is C=CC[C@](C)(N)c1ccc(N(C)C)cc1. The largest absolute Gasteiger partial charge is 0.378 e. The Labute approximate surface area is 92.4 Å². The Morgan fingerprint density at radius 1 is 1.33 bits per heavy atom. The molecule has 0 aliphatic carbocycles. The summed E-state index contributed by atoms with van der Waals surface area (Å²) >= 11 is 0. The van der Waals surface area contributed by atoms with Crippen LogP contribution in [0.15, 0.2) is 36.9 Å². The summed E-state index contributed by atoms with van der Waals surface area (Å²) in [7, 11) is 4.06. The molecule has 1 aromatic rings. The standard InChI is InChI=1S/C13H20N2/c1-5-10-13(2,14)11-6-8-12(9-7-11)15(3)4/h5-9H,1,10,14H2,2-4H3/t13-/m0/s1. The van der Waals surface area contributed by atoms with Gasteiger partial charge in [-0.3, -0.25) is 0 Å². The van der Waals surface area contributed by atoms with Crippen LogP contribution in [0.3, 0.4) is 0 Å². The molecule has 0 aliphatic rings. The zero-order chi connectivity index (χ0) is 11.5. The highest BCUT2D eigenvalue weighted by Gasteiger charge is 2.18. The third-order valence-electron chi connectivity index (χ3n) is 2.61. The van der Waals surface area contributed by atoms with E-state index in [1.165, 1.54) is 5.69 Å². The molecule has 0 radical (unpaired) electrons. The number of rotatable bonds is 4. The molecular weight excluding hydrogens is 184 g/mol. The zero-order valence-electron chi connectivity index (χ0n) is 9.83. The van der Waals surface area contributed by atoms with Crippen molar-refractivity contribution in [1.82, 2.24) is 0 Å². The monoisotopic (exact) mass is 204 g/mol. The summed E-state index contributed by atoms with van der Waals surface area (Å²) in [5.74, 6) is 0. The molecule has 0 saturated carbocycles. The smallest absolute Gasteiger partial charge is 0.0415 e. The normalized spacial score (nSPS) is 14.4. The van der Waals surface area contributed by atoms with Crippen molar-refractivity contribution in [2.45, 2.75) is 18.9 Å². The fourth-order valence-electron chi connectivity index (χ4n) is 1.56. The van der Waals surface area contributed by atoms with Crippen LogP contribution in [0.25, 0.3) is 0 Å². The molecule has 1 atom stereocenters. The minimum absolute atomic E-state index is 0.313. The Bertz CT molecular complexity index is 323. The third kappa shape index (κ3) is 2.83. The van der Waals surface area contributed by atoms with Crippen LogP contribution in [0.5, 0.6) is 0 Å². The lowest BCUT2D eigenvalue weighted by Crippen LogP contribution is -2.32. The second kappa shape index (κ2) is 4.49. The highest BCUT2D eigenvalue weighted by Crippen LogP contribution is 2.24. The topological polar surface area (TPSA) is 29.3 Å². The predicted molar refractivity (Wildman–Crippen MR) is 67.1 cm³/mol. The van der Waals surface area contributed by atoms with Crippen molar-refractivity contribution in [2.75, 3.05) is 19.0 Å². The van der Waals surface area contributed by atoms with Gasteiger partial charge in [0.1, 0.15) is 0 Å². The summed E-state index contributed by atoms with van der Waals surface area (Å²) in [6.45, 7) is 5.76. The van der Waals surface area contributed by atoms with E-state index >= 15 is 0 Å². The van der Waals surface area contributed by atoms with Gasteiger partial charge in [0.05, 0.1) is 0 Å². The molecule has 0 unspecified atom stereocenters. The Balaban J connectivity index is 2.92. The Hall–Kier alpha value is -1.28. The van der Waals surface area contributed by atoms with Gasteiger partial charge < -0.3 is 10.6 Å². The number of nitrogens with zero attached hydrogens (tertiary/aromatic N) is 1. The second-order valence-electron chi connectivity index (χ2n) is 4.35. The van der Waals surface area contributed by atoms with Gasteiger partial charge in [-0.25, -0.2) is 0 Å². The second-order valence-corrected chi connectivity index (χ2v) is 4.35. The fraction of sp³-hybridized carbons (Fsp3) is 0.385. The van der Waals surface area contributed by atoms with Gasteiger partial charge in [-0.05, 0) is 31.0 Å². The first kappa shape index (κ1) is 11.8. The summed E-state index contributed by atoms with van der Waals surface area (Å²) in [5.41, 5.74) is 8.21. The molecule has 0 bridgehead atoms. The zero-order valence-corrected chi connectivity index (χ0v) is 9.83. The van der Waals surface area contributed by atoms with Gasteiger partial charge in [-0.1, -0.05) is 18.2 Å². The molecule has 1 rings (SSSR count). The van der Waals surface area contributed by atoms with Crippen LogP contribution in [0.4, 0.5) is 5.69 Å². The van der Waals surface area contributed by atoms with Crippen LogP contribution in [0.1, 0.15) is 18.9 Å². The molecule has 0 spiro atoms. The van der Waals surface area contributed by atoms with Crippen LogP contribution in [-0.4, -0.2) is 14.1 Å². The van der Waals surface area contributed by atoms with Gasteiger partial charge in [0.2, 0.25) is 0 Å². The molecule has 0 saturated heterocycles. The van der Waals surface area contributed by atoms with E-state index in [9.17, 15) is 0 Å². The highest BCUT2D eigenvalue weighted by molar-refractivity contribution is 5.47. The summed E-state index contributed by atoms with van der Waals surface area (Å²) in [6, 6.07) is 8.34. The molecule has 2 nitrogen and oxygen atoms in total. The van der Waals surface area contributed by atoms with Crippen molar-refractivity contribution < 1.29 is 0 Å². The summed E-state index contributed by atoms with van der Waals surface area (Å²) < 4.78 is 0. The molecule has 0 heterocycles. The van der Waals surface area contributed by atoms with Gasteiger partial charge >= 0.3 is 0 Å². The van der Waals surface area contributed by atoms with Gasteiger partial charge in [-0.15, -0.1) is 6.58 Å². The summed E-state index contributed by atoms with van der Waals surface area (Å²) in [5, 5.41) is 0. The number of anilines is 1. The first-order valence-corrected chi connectivity index (χ1v) is 5.15. The molecule has 2 heteroatoms. The lowest BCUT2D eigenvalue weighted by Gasteiger charge is -2.24. The van der Waals surface area contributed by atoms with Crippen LogP contribution >= 0.6 is 0 Å². The number of hydrogen-bond donors (Lipinski definition) is 1. The van der Waals surface area contributed by atoms with E-state index in [2.05, 4.69) is 35.7 Å². The predicted octanol–water partition coefficient (Wildman–Crippen LogP) is 2.50. The average Bonchev–Trinajstić information content (AvgIpc) is 2.18. The van der Waals surface area contributed by atoms with Crippen LogP contribution in [0.2, 0.25) is 0 Å². The van der Waals surface area contributed by atoms with Gasteiger partial charge in [0.15, 0.2) is 0 Å². The van der Waals surface area contributed by atoms with Gasteiger partial charge in [0.25, 0.3) is 0 Å². The summed E-state index contributed by atoms with van der Waals surface area (Å²) in [6.07, 6.45) is 2.65. The van der Waals surface area contributed by atoms with E-state index in [1.54, 1.807) is 0 Å². The first-order valence-electron chi connectivity index (χ1n) is 5.15. The highest BCUT2D eigenvalue weighted by atomic mass is 15.1. The third-order valence-corrected chi connectivity index (χ3v) is 2.61. The molecule has 1 aromatic carbocycles. The maximum atomic E-state index is 6.19. The number of nitrogens with two attached hydrogens (primary N) is 1. The lowest BCUT2D eigenvalue weighted by atomic mass is 9.90. The molecule has 0 aliphatic heterocycles. The molecule has 2 N–H and O–H groups in total. The van der Waals surface area contributed by atoms with Gasteiger partial charge in [0, 0.05) is 25.3 Å². The van der Waals surface area contributed by atoms with E-state index in [0.29, 0.717) is 0 Å². The van der Waals surface area contributed by atoms with Gasteiger partial charge in [-0.2, -0.15) is 0 Å². The van der Waals surface area contributed by atoms with E-state index in [0.717, 1.165) is 12.0 Å². The molecular formula is C13H20N2. The van der Waals surface area contributed by atoms with Crippen molar-refractivity contribution in [2.24, 2.45) is 5.73 Å². The van der Waals surface area contributed by atoms with E-state index in [4.69, 9.17) is 5.73 Å². The lowest BCUT2D eigenvalue weighted by molar-refractivity contribution is 0.502. The van der Waals surface area contributed by atoms with Crippen LogP contribution in [-0.2, 0) is 5.54 Å². The molecule has 15 heavy (non-hydrogen) atoms. The minimum atomic E-state index is -0.313.